The molecule has 2 heterocycles. The van der Waals surface area contributed by atoms with E-state index in [0.29, 0.717) is 5.69 Å². The van der Waals surface area contributed by atoms with Crippen LogP contribution in [0.5, 0.6) is 0 Å². The van der Waals surface area contributed by atoms with Crippen LogP contribution < -0.4 is 5.73 Å². The molecule has 1 atom stereocenters. The third-order valence-electron chi connectivity index (χ3n) is 3.28. The number of hydrogen-bond acceptors (Lipinski definition) is 3. The van der Waals surface area contributed by atoms with Crippen LogP contribution in [-0.2, 0) is 4.74 Å². The molecule has 1 fully saturated rings. The third-order valence-corrected chi connectivity index (χ3v) is 3.28. The van der Waals surface area contributed by atoms with E-state index in [-0.39, 0.29) is 6.23 Å². The molecule has 1 aliphatic rings. The van der Waals surface area contributed by atoms with Crippen molar-refractivity contribution < 1.29 is 9.53 Å². The van der Waals surface area contributed by atoms with Crippen molar-refractivity contribution in [3.63, 3.8) is 0 Å². The highest BCUT2D eigenvalue weighted by Gasteiger charge is 2.22. The molecule has 0 aliphatic carbocycles. The van der Waals surface area contributed by atoms with Crippen molar-refractivity contribution in [3.8, 4) is 0 Å². The van der Waals surface area contributed by atoms with Gasteiger partial charge in [0.15, 0.2) is 11.9 Å². The second kappa shape index (κ2) is 4.42. The second-order valence-corrected chi connectivity index (χ2v) is 4.50. The Morgan fingerprint density at radius 2 is 2.22 bits per heavy atom. The number of rotatable bonds is 2. The number of nitrogens with two attached hydrogens (primary N) is 1. The van der Waals surface area contributed by atoms with Crippen LogP contribution in [0.15, 0.2) is 24.3 Å². The minimum absolute atomic E-state index is 0.0863. The molecule has 3 rings (SSSR count). The number of carbonyl (C=O) groups excluding carboxylic acids is 1. The first-order valence-corrected chi connectivity index (χ1v) is 6.16. The number of nitrogens with zero attached hydrogens (tertiary/aromatic N) is 2. The van der Waals surface area contributed by atoms with Crippen LogP contribution in [0.4, 0.5) is 0 Å². The van der Waals surface area contributed by atoms with Gasteiger partial charge in [-0.15, -0.1) is 0 Å². The average molecular weight is 245 g/mol. The zero-order chi connectivity index (χ0) is 12.5. The van der Waals surface area contributed by atoms with Crippen molar-refractivity contribution in [1.29, 1.82) is 0 Å². The SMILES string of the molecule is NC(=O)c1nn(C2CCCCO2)c2ccccc12. The monoisotopic (exact) mass is 245 g/mol. The molecule has 5 nitrogen and oxygen atoms in total. The van der Waals surface area contributed by atoms with E-state index in [2.05, 4.69) is 5.10 Å². The smallest absolute Gasteiger partial charge is 0.269 e. The Kier molecular flexibility index (Phi) is 2.76. The van der Waals surface area contributed by atoms with Crippen molar-refractivity contribution in [2.75, 3.05) is 6.61 Å². The first-order valence-electron chi connectivity index (χ1n) is 6.16. The van der Waals surface area contributed by atoms with Gasteiger partial charge in [-0.2, -0.15) is 5.10 Å². The molecule has 0 radical (unpaired) electrons. The van der Waals surface area contributed by atoms with Crippen molar-refractivity contribution >= 4 is 16.8 Å². The van der Waals surface area contributed by atoms with Crippen LogP contribution in [0.25, 0.3) is 10.9 Å². The van der Waals surface area contributed by atoms with Gasteiger partial charge in [0.1, 0.15) is 0 Å². The summed E-state index contributed by atoms with van der Waals surface area (Å²) in [6.07, 6.45) is 3.03. The summed E-state index contributed by atoms with van der Waals surface area (Å²) in [5, 5.41) is 5.12. The van der Waals surface area contributed by atoms with E-state index in [4.69, 9.17) is 10.5 Å². The Labute approximate surface area is 105 Å². The Hall–Kier alpha value is -1.88. The molecule has 1 aliphatic heterocycles. The molecule has 0 bridgehead atoms. The van der Waals surface area contributed by atoms with Crippen LogP contribution in [0.2, 0.25) is 0 Å². The molecule has 2 N–H and O–H groups in total. The molecule has 0 spiro atoms. The lowest BCUT2D eigenvalue weighted by Crippen LogP contribution is -2.20. The summed E-state index contributed by atoms with van der Waals surface area (Å²) in [5.74, 6) is -0.499. The van der Waals surface area contributed by atoms with Gasteiger partial charge >= 0.3 is 0 Å². The van der Waals surface area contributed by atoms with E-state index in [9.17, 15) is 4.79 Å². The molecule has 1 unspecified atom stereocenters. The van der Waals surface area contributed by atoms with E-state index in [1.54, 1.807) is 4.68 Å². The van der Waals surface area contributed by atoms with E-state index >= 15 is 0 Å². The van der Waals surface area contributed by atoms with E-state index in [1.807, 2.05) is 24.3 Å². The van der Waals surface area contributed by atoms with Crippen molar-refractivity contribution in [1.82, 2.24) is 9.78 Å². The zero-order valence-corrected chi connectivity index (χ0v) is 10.0. The van der Waals surface area contributed by atoms with Crippen molar-refractivity contribution in [2.24, 2.45) is 5.73 Å². The van der Waals surface area contributed by atoms with Gasteiger partial charge in [-0.25, -0.2) is 4.68 Å². The molecular formula is C13H15N3O2. The maximum absolute atomic E-state index is 11.4. The number of para-hydroxylation sites is 1. The van der Waals surface area contributed by atoms with E-state index in [1.165, 1.54) is 0 Å². The van der Waals surface area contributed by atoms with E-state index < -0.39 is 5.91 Å². The Balaban J connectivity index is 2.13. The lowest BCUT2D eigenvalue weighted by atomic mass is 10.1. The number of aromatic nitrogens is 2. The average Bonchev–Trinajstić information content (AvgIpc) is 2.79. The Morgan fingerprint density at radius 1 is 1.39 bits per heavy atom. The van der Waals surface area contributed by atoms with Gasteiger partial charge in [0, 0.05) is 12.0 Å². The lowest BCUT2D eigenvalue weighted by molar-refractivity contribution is -0.0367. The Bertz CT molecular complexity index is 585. The third kappa shape index (κ3) is 1.76. The fourth-order valence-corrected chi connectivity index (χ4v) is 2.41. The maximum atomic E-state index is 11.4. The minimum Gasteiger partial charge on any atom is -0.364 e. The van der Waals surface area contributed by atoms with Gasteiger partial charge < -0.3 is 10.5 Å². The highest BCUT2D eigenvalue weighted by molar-refractivity contribution is 6.04. The molecule has 1 aromatic heterocycles. The first kappa shape index (κ1) is 11.2. The highest BCUT2D eigenvalue weighted by atomic mass is 16.5. The number of ether oxygens (including phenoxy) is 1. The molecule has 18 heavy (non-hydrogen) atoms. The number of fused-ring (bicyclic) bond motifs is 1. The summed E-state index contributed by atoms with van der Waals surface area (Å²) in [6.45, 7) is 0.741. The minimum atomic E-state index is -0.499. The predicted molar refractivity (Wildman–Crippen MR) is 67.1 cm³/mol. The van der Waals surface area contributed by atoms with Crippen LogP contribution in [0, 0.1) is 0 Å². The van der Waals surface area contributed by atoms with Gasteiger partial charge in [0.2, 0.25) is 0 Å². The second-order valence-electron chi connectivity index (χ2n) is 4.50. The molecule has 94 valence electrons. The van der Waals surface area contributed by atoms with E-state index in [0.717, 1.165) is 36.8 Å². The molecule has 5 heteroatoms. The quantitative estimate of drug-likeness (QED) is 0.877. The number of benzene rings is 1. The topological polar surface area (TPSA) is 70.1 Å². The molecular weight excluding hydrogens is 230 g/mol. The molecule has 2 aromatic rings. The van der Waals surface area contributed by atoms with Crippen LogP contribution in [0.1, 0.15) is 36.0 Å². The maximum Gasteiger partial charge on any atom is 0.269 e. The normalized spacial score (nSPS) is 20.1. The molecule has 0 saturated carbocycles. The van der Waals surface area contributed by atoms with Crippen LogP contribution in [-0.4, -0.2) is 22.3 Å². The first-order chi connectivity index (χ1) is 8.77. The van der Waals surface area contributed by atoms with Gasteiger partial charge in [0.05, 0.1) is 5.52 Å². The Morgan fingerprint density at radius 3 is 2.94 bits per heavy atom. The van der Waals surface area contributed by atoms with Crippen molar-refractivity contribution in [3.05, 3.63) is 30.0 Å². The van der Waals surface area contributed by atoms with Gasteiger partial charge in [-0.1, -0.05) is 18.2 Å². The number of hydrogen-bond donors (Lipinski definition) is 1. The van der Waals surface area contributed by atoms with Crippen LogP contribution >= 0.6 is 0 Å². The zero-order valence-electron chi connectivity index (χ0n) is 10.0. The van der Waals surface area contributed by atoms with Gasteiger partial charge in [0.25, 0.3) is 5.91 Å². The summed E-state index contributed by atoms with van der Waals surface area (Å²) < 4.78 is 7.50. The summed E-state index contributed by atoms with van der Waals surface area (Å²) >= 11 is 0. The number of primary amides is 1. The fourth-order valence-electron chi connectivity index (χ4n) is 2.41. The standard InChI is InChI=1S/C13H15N3O2/c14-13(17)12-9-5-1-2-6-10(9)16(15-12)11-7-3-4-8-18-11/h1-2,5-6,11H,3-4,7-8H2,(H2,14,17). The highest BCUT2D eigenvalue weighted by Crippen LogP contribution is 2.27. The van der Waals surface area contributed by atoms with Crippen LogP contribution in [0.3, 0.4) is 0 Å². The van der Waals surface area contributed by atoms with Gasteiger partial charge in [-0.3, -0.25) is 4.79 Å². The van der Waals surface area contributed by atoms with Crippen molar-refractivity contribution in [2.45, 2.75) is 25.5 Å². The summed E-state index contributed by atoms with van der Waals surface area (Å²) in [4.78, 5) is 11.4. The number of carbonyl (C=O) groups is 1. The molecule has 1 saturated heterocycles. The summed E-state index contributed by atoms with van der Waals surface area (Å²) in [5.41, 5.74) is 6.59. The summed E-state index contributed by atoms with van der Waals surface area (Å²) in [7, 11) is 0. The summed E-state index contributed by atoms with van der Waals surface area (Å²) in [6, 6.07) is 7.60. The molecule has 1 amide bonds. The predicted octanol–water partition coefficient (Wildman–Crippen LogP) is 1.83. The fraction of sp³-hybridized carbons (Fsp3) is 0.385. The van der Waals surface area contributed by atoms with Gasteiger partial charge in [-0.05, 0) is 25.3 Å². The number of amides is 1. The molecule has 1 aromatic carbocycles. The lowest BCUT2D eigenvalue weighted by Gasteiger charge is -2.23. The largest absolute Gasteiger partial charge is 0.364 e.